The molecule has 0 saturated heterocycles. The normalized spacial score (nSPS) is 11.9. The molecule has 0 aliphatic heterocycles. The maximum atomic E-state index is 12.7. The van der Waals surface area contributed by atoms with Gasteiger partial charge in [0.25, 0.3) is 0 Å². The molecule has 6 heteroatoms. The van der Waals surface area contributed by atoms with Gasteiger partial charge in [-0.1, -0.05) is 36.4 Å². The number of methoxy groups -OCH3 is 2. The molecule has 0 aliphatic carbocycles. The Labute approximate surface area is 168 Å². The van der Waals surface area contributed by atoms with Gasteiger partial charge in [-0.15, -0.1) is 0 Å². The van der Waals surface area contributed by atoms with Crippen molar-refractivity contribution < 1.29 is 28.6 Å². The zero-order chi connectivity index (χ0) is 21.1. The molecule has 0 radical (unpaired) electrons. The molecule has 1 atom stereocenters. The highest BCUT2D eigenvalue weighted by molar-refractivity contribution is 6.19. The summed E-state index contributed by atoms with van der Waals surface area (Å²) in [6, 6.07) is 13.1. The number of hydrogen-bond acceptors (Lipinski definition) is 6. The number of carbonyl (C=O) groups is 3. The van der Waals surface area contributed by atoms with E-state index in [0.29, 0.717) is 10.9 Å². The van der Waals surface area contributed by atoms with Gasteiger partial charge >= 0.3 is 17.9 Å². The van der Waals surface area contributed by atoms with Crippen molar-refractivity contribution in [2.45, 2.75) is 19.8 Å². The van der Waals surface area contributed by atoms with E-state index in [1.54, 1.807) is 26.0 Å². The van der Waals surface area contributed by atoms with Crippen LogP contribution in [0.3, 0.4) is 0 Å². The average Bonchev–Trinajstić information content (AvgIpc) is 2.76. The SMILES string of the molecule is CCOC(=O)[C@H](C)c1cc2c(ccc3ccccc32)c(C(=O)OC)c1C(=O)OC. The number of rotatable bonds is 5. The molecule has 150 valence electrons. The Morgan fingerprint density at radius 3 is 2.17 bits per heavy atom. The van der Waals surface area contributed by atoms with Gasteiger partial charge in [-0.25, -0.2) is 9.59 Å². The van der Waals surface area contributed by atoms with Crippen LogP contribution in [0.15, 0.2) is 42.5 Å². The summed E-state index contributed by atoms with van der Waals surface area (Å²) in [6.07, 6.45) is 0. The summed E-state index contributed by atoms with van der Waals surface area (Å²) in [5, 5.41) is 3.15. The van der Waals surface area contributed by atoms with E-state index in [0.717, 1.165) is 16.2 Å². The van der Waals surface area contributed by atoms with E-state index in [1.165, 1.54) is 14.2 Å². The summed E-state index contributed by atoms with van der Waals surface area (Å²) in [5.74, 6) is -2.67. The quantitative estimate of drug-likeness (QED) is 0.366. The molecule has 0 saturated carbocycles. The lowest BCUT2D eigenvalue weighted by Crippen LogP contribution is -2.21. The maximum absolute atomic E-state index is 12.7. The van der Waals surface area contributed by atoms with Crippen LogP contribution in [-0.2, 0) is 19.0 Å². The van der Waals surface area contributed by atoms with Crippen LogP contribution in [-0.4, -0.2) is 38.7 Å². The first-order valence-corrected chi connectivity index (χ1v) is 9.26. The van der Waals surface area contributed by atoms with Gasteiger partial charge in [-0.05, 0) is 47.0 Å². The molecule has 0 unspecified atom stereocenters. The molecular weight excluding hydrogens is 372 g/mol. The van der Waals surface area contributed by atoms with Gasteiger partial charge in [0.15, 0.2) is 0 Å². The van der Waals surface area contributed by atoms with E-state index in [9.17, 15) is 14.4 Å². The van der Waals surface area contributed by atoms with E-state index in [1.807, 2.05) is 30.3 Å². The summed E-state index contributed by atoms with van der Waals surface area (Å²) in [5.41, 5.74) is 0.455. The van der Waals surface area contributed by atoms with Crippen molar-refractivity contribution in [3.05, 3.63) is 59.2 Å². The molecule has 0 bridgehead atoms. The predicted molar refractivity (Wildman–Crippen MR) is 109 cm³/mol. The Morgan fingerprint density at radius 1 is 0.862 bits per heavy atom. The Balaban J connectivity index is 2.49. The van der Waals surface area contributed by atoms with Gasteiger partial charge in [0.1, 0.15) is 0 Å². The molecule has 0 N–H and O–H groups in total. The minimum absolute atomic E-state index is 0.0164. The van der Waals surface area contributed by atoms with Crippen molar-refractivity contribution in [3.63, 3.8) is 0 Å². The zero-order valence-corrected chi connectivity index (χ0v) is 16.8. The second kappa shape index (κ2) is 8.31. The van der Waals surface area contributed by atoms with Crippen LogP contribution >= 0.6 is 0 Å². The van der Waals surface area contributed by atoms with Crippen LogP contribution in [0, 0.1) is 0 Å². The second-order valence-corrected chi connectivity index (χ2v) is 6.55. The Hall–Kier alpha value is -3.41. The van der Waals surface area contributed by atoms with Crippen molar-refractivity contribution in [3.8, 4) is 0 Å². The third-order valence-corrected chi connectivity index (χ3v) is 4.96. The van der Waals surface area contributed by atoms with Gasteiger partial charge in [-0.2, -0.15) is 0 Å². The molecule has 0 spiro atoms. The summed E-state index contributed by atoms with van der Waals surface area (Å²) < 4.78 is 15.1. The van der Waals surface area contributed by atoms with Crippen LogP contribution < -0.4 is 0 Å². The van der Waals surface area contributed by atoms with Gasteiger partial charge < -0.3 is 14.2 Å². The first-order valence-electron chi connectivity index (χ1n) is 9.26. The van der Waals surface area contributed by atoms with E-state index < -0.39 is 23.8 Å². The summed E-state index contributed by atoms with van der Waals surface area (Å²) >= 11 is 0. The fourth-order valence-electron chi connectivity index (χ4n) is 3.55. The molecule has 0 aliphatic rings. The molecule has 6 nitrogen and oxygen atoms in total. The van der Waals surface area contributed by atoms with E-state index in [-0.39, 0.29) is 17.7 Å². The summed E-state index contributed by atoms with van der Waals surface area (Å²) in [6.45, 7) is 3.55. The standard InChI is InChI=1S/C23H22O6/c1-5-29-21(24)13(2)17-12-18-15-9-7-6-8-14(15)10-11-16(18)19(22(25)27-3)20(17)23(26)28-4/h6-13H,5H2,1-4H3/t13-/m1/s1. The van der Waals surface area contributed by atoms with E-state index in [2.05, 4.69) is 0 Å². The highest BCUT2D eigenvalue weighted by Gasteiger charge is 2.31. The van der Waals surface area contributed by atoms with Crippen LogP contribution in [0.4, 0.5) is 0 Å². The molecule has 3 aromatic rings. The lowest BCUT2D eigenvalue weighted by Gasteiger charge is -2.19. The second-order valence-electron chi connectivity index (χ2n) is 6.55. The van der Waals surface area contributed by atoms with E-state index in [4.69, 9.17) is 14.2 Å². The number of fused-ring (bicyclic) bond motifs is 3. The van der Waals surface area contributed by atoms with Gasteiger partial charge in [0, 0.05) is 0 Å². The van der Waals surface area contributed by atoms with Crippen LogP contribution in [0.25, 0.3) is 21.5 Å². The van der Waals surface area contributed by atoms with Gasteiger partial charge in [0.05, 0.1) is 37.9 Å². The number of ether oxygens (including phenoxy) is 3. The zero-order valence-electron chi connectivity index (χ0n) is 16.8. The fraction of sp³-hybridized carbons (Fsp3) is 0.261. The molecule has 3 rings (SSSR count). The van der Waals surface area contributed by atoms with E-state index >= 15 is 0 Å². The third kappa shape index (κ3) is 3.53. The molecule has 29 heavy (non-hydrogen) atoms. The van der Waals surface area contributed by atoms with Crippen molar-refractivity contribution in [1.29, 1.82) is 0 Å². The molecule has 0 aromatic heterocycles. The van der Waals surface area contributed by atoms with Crippen molar-refractivity contribution in [2.24, 2.45) is 0 Å². The highest BCUT2D eigenvalue weighted by atomic mass is 16.5. The Kier molecular flexibility index (Phi) is 5.82. The van der Waals surface area contributed by atoms with Gasteiger partial charge in [0.2, 0.25) is 0 Å². The Bertz CT molecular complexity index is 1120. The smallest absolute Gasteiger partial charge is 0.339 e. The fourth-order valence-corrected chi connectivity index (χ4v) is 3.55. The molecular formula is C23H22O6. The predicted octanol–water partition coefficient (Wildman–Crippen LogP) is 4.23. The van der Waals surface area contributed by atoms with Crippen LogP contribution in [0.2, 0.25) is 0 Å². The monoisotopic (exact) mass is 394 g/mol. The van der Waals surface area contributed by atoms with Crippen LogP contribution in [0.1, 0.15) is 46.0 Å². The number of hydrogen-bond donors (Lipinski definition) is 0. The first kappa shape index (κ1) is 20.3. The third-order valence-electron chi connectivity index (χ3n) is 4.96. The molecule has 0 amide bonds. The van der Waals surface area contributed by atoms with Crippen molar-refractivity contribution in [2.75, 3.05) is 20.8 Å². The largest absolute Gasteiger partial charge is 0.466 e. The average molecular weight is 394 g/mol. The number of benzene rings is 3. The van der Waals surface area contributed by atoms with Crippen molar-refractivity contribution >= 4 is 39.5 Å². The lowest BCUT2D eigenvalue weighted by molar-refractivity contribution is -0.144. The number of esters is 3. The van der Waals surface area contributed by atoms with Crippen molar-refractivity contribution in [1.82, 2.24) is 0 Å². The first-order chi connectivity index (χ1) is 13.9. The minimum atomic E-state index is -0.782. The highest BCUT2D eigenvalue weighted by Crippen LogP contribution is 2.36. The Morgan fingerprint density at radius 2 is 1.52 bits per heavy atom. The number of carbonyl (C=O) groups excluding carboxylic acids is 3. The summed E-state index contributed by atoms with van der Waals surface area (Å²) in [7, 11) is 2.48. The minimum Gasteiger partial charge on any atom is -0.466 e. The maximum Gasteiger partial charge on any atom is 0.339 e. The summed E-state index contributed by atoms with van der Waals surface area (Å²) in [4.78, 5) is 37.9. The topological polar surface area (TPSA) is 78.9 Å². The van der Waals surface area contributed by atoms with Gasteiger partial charge in [-0.3, -0.25) is 4.79 Å². The lowest BCUT2D eigenvalue weighted by atomic mass is 9.86. The molecule has 3 aromatic carbocycles. The molecule has 0 heterocycles. The molecule has 0 fully saturated rings. The van der Waals surface area contributed by atoms with Crippen LogP contribution in [0.5, 0.6) is 0 Å².